The Kier molecular flexibility index (Phi) is 5.49. The largest absolute Gasteiger partial charge is 0.497 e. The maximum atomic E-state index is 12.3. The zero-order valence-corrected chi connectivity index (χ0v) is 14.8. The van der Waals surface area contributed by atoms with Gasteiger partial charge in [-0.1, -0.05) is 48.5 Å². The number of methoxy groups -OCH3 is 1. The number of carbonyl (C=O) groups is 1. The molecule has 0 aliphatic heterocycles. The van der Waals surface area contributed by atoms with E-state index in [2.05, 4.69) is 15.8 Å². The summed E-state index contributed by atoms with van der Waals surface area (Å²) in [5.41, 5.74) is 4.33. The molecule has 2 N–H and O–H groups in total. The summed E-state index contributed by atoms with van der Waals surface area (Å²) in [5, 5.41) is 9.47. The van der Waals surface area contributed by atoms with Crippen molar-refractivity contribution in [2.45, 2.75) is 13.0 Å². The number of nitrogens with one attached hydrogen (secondary N) is 2. The summed E-state index contributed by atoms with van der Waals surface area (Å²) in [4.78, 5) is 12.3. The van der Waals surface area contributed by atoms with Gasteiger partial charge in [-0.15, -0.1) is 0 Å². The topological polar surface area (TPSA) is 62.7 Å². The molecule has 0 radical (unpaired) electrons. The Bertz CT molecular complexity index is 932. The molecule has 0 fully saturated rings. The maximum Gasteiger partial charge on any atom is 0.262 e. The molecule has 3 aromatic carbocycles. The van der Waals surface area contributed by atoms with Crippen LogP contribution >= 0.6 is 0 Å². The summed E-state index contributed by atoms with van der Waals surface area (Å²) in [6.45, 7) is 1.80. The molecule has 0 bridgehead atoms. The molecule has 0 spiro atoms. The first-order valence-corrected chi connectivity index (χ1v) is 8.38. The van der Waals surface area contributed by atoms with Crippen LogP contribution < -0.4 is 15.5 Å². The number of benzene rings is 3. The molecule has 0 aliphatic rings. The average molecular weight is 347 g/mol. The zero-order valence-electron chi connectivity index (χ0n) is 14.8. The van der Waals surface area contributed by atoms with Crippen LogP contribution in [0.5, 0.6) is 5.75 Å². The van der Waals surface area contributed by atoms with Crippen molar-refractivity contribution < 1.29 is 9.53 Å². The van der Waals surface area contributed by atoms with Gasteiger partial charge in [-0.3, -0.25) is 4.79 Å². The molecule has 132 valence electrons. The molecule has 0 aliphatic carbocycles. The van der Waals surface area contributed by atoms with Crippen molar-refractivity contribution >= 4 is 28.6 Å². The van der Waals surface area contributed by atoms with Gasteiger partial charge < -0.3 is 10.1 Å². The van der Waals surface area contributed by atoms with Crippen LogP contribution in [0.2, 0.25) is 0 Å². The summed E-state index contributed by atoms with van der Waals surface area (Å²) < 4.78 is 5.16. The second-order valence-electron chi connectivity index (χ2n) is 5.90. The predicted molar refractivity (Wildman–Crippen MR) is 106 cm³/mol. The lowest BCUT2D eigenvalue weighted by molar-refractivity contribution is -0.121. The summed E-state index contributed by atoms with van der Waals surface area (Å²) in [5.74, 6) is 0.531. The molecular formula is C21H21N3O2. The maximum absolute atomic E-state index is 12.3. The first-order valence-electron chi connectivity index (χ1n) is 8.38. The molecule has 0 saturated heterocycles. The number of fused-ring (bicyclic) bond motifs is 1. The van der Waals surface area contributed by atoms with Crippen LogP contribution in [0.15, 0.2) is 71.8 Å². The van der Waals surface area contributed by atoms with Crippen molar-refractivity contribution in [1.29, 1.82) is 0 Å². The highest BCUT2D eigenvalue weighted by molar-refractivity contribution is 5.96. The van der Waals surface area contributed by atoms with Gasteiger partial charge in [0.2, 0.25) is 0 Å². The van der Waals surface area contributed by atoms with Crippen molar-refractivity contribution in [3.63, 3.8) is 0 Å². The summed E-state index contributed by atoms with van der Waals surface area (Å²) in [6, 6.07) is 21.1. The van der Waals surface area contributed by atoms with Crippen molar-refractivity contribution in [3.8, 4) is 5.75 Å². The molecule has 0 unspecified atom stereocenters. The van der Waals surface area contributed by atoms with Gasteiger partial charge in [0.05, 0.1) is 13.3 Å². The number of anilines is 1. The zero-order chi connectivity index (χ0) is 18.4. The van der Waals surface area contributed by atoms with E-state index in [9.17, 15) is 4.79 Å². The third-order valence-electron chi connectivity index (χ3n) is 4.04. The van der Waals surface area contributed by atoms with Crippen LogP contribution in [-0.2, 0) is 4.79 Å². The average Bonchev–Trinajstić information content (AvgIpc) is 2.68. The number of rotatable bonds is 6. The summed E-state index contributed by atoms with van der Waals surface area (Å²) in [7, 11) is 1.61. The Morgan fingerprint density at radius 2 is 1.85 bits per heavy atom. The molecule has 0 heterocycles. The summed E-state index contributed by atoms with van der Waals surface area (Å²) >= 11 is 0. The van der Waals surface area contributed by atoms with Gasteiger partial charge in [-0.05, 0) is 36.1 Å². The third kappa shape index (κ3) is 4.19. The van der Waals surface area contributed by atoms with E-state index in [4.69, 9.17) is 4.74 Å². The van der Waals surface area contributed by atoms with Crippen molar-refractivity contribution in [3.05, 3.63) is 72.3 Å². The van der Waals surface area contributed by atoms with Crippen LogP contribution in [0, 0.1) is 0 Å². The van der Waals surface area contributed by atoms with E-state index in [0.717, 1.165) is 27.8 Å². The highest BCUT2D eigenvalue weighted by atomic mass is 16.5. The van der Waals surface area contributed by atoms with Crippen LogP contribution in [0.25, 0.3) is 10.8 Å². The lowest BCUT2D eigenvalue weighted by Gasteiger charge is -2.15. The second kappa shape index (κ2) is 8.16. The van der Waals surface area contributed by atoms with Crippen LogP contribution in [0.1, 0.15) is 12.5 Å². The Hall–Kier alpha value is -3.34. The van der Waals surface area contributed by atoms with Gasteiger partial charge in [0, 0.05) is 11.1 Å². The van der Waals surface area contributed by atoms with E-state index in [1.165, 1.54) is 0 Å². The van der Waals surface area contributed by atoms with Gasteiger partial charge in [-0.25, -0.2) is 5.43 Å². The Morgan fingerprint density at radius 1 is 1.08 bits per heavy atom. The first-order chi connectivity index (χ1) is 12.7. The fraction of sp³-hybridized carbons (Fsp3) is 0.143. The Labute approximate surface area is 152 Å². The normalized spacial score (nSPS) is 12.1. The van der Waals surface area contributed by atoms with Crippen LogP contribution in [-0.4, -0.2) is 25.3 Å². The highest BCUT2D eigenvalue weighted by Crippen LogP contribution is 2.23. The number of nitrogens with zero attached hydrogens (tertiary/aromatic N) is 1. The second-order valence-corrected chi connectivity index (χ2v) is 5.90. The number of amides is 1. The quantitative estimate of drug-likeness (QED) is 0.527. The molecule has 5 nitrogen and oxygen atoms in total. The van der Waals surface area contributed by atoms with Gasteiger partial charge >= 0.3 is 0 Å². The van der Waals surface area contributed by atoms with Crippen molar-refractivity contribution in [2.24, 2.45) is 5.10 Å². The molecule has 0 aromatic heterocycles. The Balaban J connectivity index is 1.63. The molecule has 3 rings (SSSR count). The minimum absolute atomic E-state index is 0.211. The summed E-state index contributed by atoms with van der Waals surface area (Å²) in [6.07, 6.45) is 1.59. The highest BCUT2D eigenvalue weighted by Gasteiger charge is 2.12. The third-order valence-corrected chi connectivity index (χ3v) is 4.04. The van der Waals surface area contributed by atoms with Gasteiger partial charge in [0.25, 0.3) is 5.91 Å². The number of hydrazone groups is 1. The molecule has 3 aromatic rings. The molecule has 0 saturated carbocycles. The van der Waals surface area contributed by atoms with Gasteiger partial charge in [0.1, 0.15) is 11.8 Å². The number of carbonyl (C=O) groups excluding carboxylic acids is 1. The van der Waals surface area contributed by atoms with Gasteiger partial charge in [-0.2, -0.15) is 5.10 Å². The Morgan fingerprint density at radius 3 is 2.69 bits per heavy atom. The molecule has 5 heteroatoms. The smallest absolute Gasteiger partial charge is 0.262 e. The molecule has 1 atom stereocenters. The van der Waals surface area contributed by atoms with E-state index in [1.807, 2.05) is 66.7 Å². The lowest BCUT2D eigenvalue weighted by Crippen LogP contribution is -2.34. The van der Waals surface area contributed by atoms with E-state index < -0.39 is 6.04 Å². The fourth-order valence-electron chi connectivity index (χ4n) is 2.64. The van der Waals surface area contributed by atoms with Gasteiger partial charge in [0.15, 0.2) is 0 Å². The van der Waals surface area contributed by atoms with E-state index >= 15 is 0 Å². The lowest BCUT2D eigenvalue weighted by atomic mass is 10.1. The van der Waals surface area contributed by atoms with E-state index in [-0.39, 0.29) is 5.91 Å². The van der Waals surface area contributed by atoms with Crippen LogP contribution in [0.3, 0.4) is 0 Å². The molecule has 26 heavy (non-hydrogen) atoms. The van der Waals surface area contributed by atoms with Crippen molar-refractivity contribution in [2.75, 3.05) is 12.4 Å². The van der Waals surface area contributed by atoms with Crippen molar-refractivity contribution in [1.82, 2.24) is 5.43 Å². The fourth-order valence-corrected chi connectivity index (χ4v) is 2.64. The monoisotopic (exact) mass is 347 g/mol. The number of ether oxygens (including phenoxy) is 1. The van der Waals surface area contributed by atoms with E-state index in [0.29, 0.717) is 0 Å². The number of hydrogen-bond acceptors (Lipinski definition) is 4. The van der Waals surface area contributed by atoms with Crippen LogP contribution in [0.4, 0.5) is 5.69 Å². The molecule has 1 amide bonds. The first kappa shape index (κ1) is 17.5. The van der Waals surface area contributed by atoms with E-state index in [1.54, 1.807) is 20.2 Å². The number of hydrogen-bond donors (Lipinski definition) is 2. The SMILES string of the molecule is COc1cccc(/C=N\NC(=O)[C@H](C)Nc2cccc3ccccc23)c1. The standard InChI is InChI=1S/C21H21N3O2/c1-15(23-20-12-6-9-17-8-3-4-11-19(17)20)21(25)24-22-14-16-7-5-10-18(13-16)26-2/h3-15,23H,1-2H3,(H,24,25)/b22-14-/t15-/m0/s1. The minimum atomic E-state index is -0.428. The predicted octanol–water partition coefficient (Wildman–Crippen LogP) is 3.80. The minimum Gasteiger partial charge on any atom is -0.497 e. The molecular weight excluding hydrogens is 326 g/mol.